The number of fused-ring (bicyclic) bond motifs is 8. The molecule has 1 saturated heterocycles. The van der Waals surface area contributed by atoms with Crippen molar-refractivity contribution in [1.82, 2.24) is 20.3 Å². The summed E-state index contributed by atoms with van der Waals surface area (Å²) in [7, 11) is 1.36. The summed E-state index contributed by atoms with van der Waals surface area (Å²) >= 11 is 0. The zero-order chi connectivity index (χ0) is 41.1. The van der Waals surface area contributed by atoms with Crippen LogP contribution in [0.25, 0.3) is 35.6 Å². The number of hydrogen-bond acceptors (Lipinski definition) is 6. The number of aromatic amines is 3. The van der Waals surface area contributed by atoms with Crippen molar-refractivity contribution in [1.29, 1.82) is 0 Å². The van der Waals surface area contributed by atoms with Crippen molar-refractivity contribution in [3.05, 3.63) is 90.1 Å². The number of aliphatic hydroxyl groups excluding tert-OH is 1. The zero-order valence-electron chi connectivity index (χ0n) is 35.6. The van der Waals surface area contributed by atoms with Gasteiger partial charge in [-0.2, -0.15) is 0 Å². The van der Waals surface area contributed by atoms with E-state index in [1.54, 1.807) is 0 Å². The molecule has 5 N–H and O–H groups in total. The number of unbranched alkanes of at least 4 members (excludes halogenated alkanes) is 1. The number of esters is 2. The van der Waals surface area contributed by atoms with Crippen molar-refractivity contribution < 1.29 is 24.2 Å². The largest absolute Gasteiger partial charge is 0.510 e. The molecule has 6 rings (SSSR count). The summed E-state index contributed by atoms with van der Waals surface area (Å²) in [6.45, 7) is 21.7. The van der Waals surface area contributed by atoms with E-state index in [0.29, 0.717) is 11.6 Å². The molecule has 0 saturated carbocycles. The fourth-order valence-electron chi connectivity index (χ4n) is 9.44. The van der Waals surface area contributed by atoms with E-state index in [4.69, 9.17) is 9.47 Å². The number of allylic oxidation sites excluding steroid dienone is 2. The molecule has 2 aliphatic heterocycles. The molecule has 0 radical (unpaired) electrons. The Balaban J connectivity index is 1.38. The Kier molecular flexibility index (Phi) is 12.9. The molecular formula is C48H64N4O5. The van der Waals surface area contributed by atoms with Gasteiger partial charge in [0, 0.05) is 56.6 Å². The zero-order valence-corrected chi connectivity index (χ0v) is 35.6. The highest BCUT2D eigenvalue weighted by Gasteiger charge is 2.47. The van der Waals surface area contributed by atoms with Crippen LogP contribution in [-0.4, -0.2) is 51.8 Å². The summed E-state index contributed by atoms with van der Waals surface area (Å²) in [6.07, 6.45) is 19.1. The monoisotopic (exact) mass is 776 g/mol. The van der Waals surface area contributed by atoms with Gasteiger partial charge in [0.05, 0.1) is 18.5 Å². The van der Waals surface area contributed by atoms with E-state index >= 15 is 0 Å². The number of aliphatic hydroxyl groups is 1. The lowest BCUT2D eigenvalue weighted by molar-refractivity contribution is -0.143. The molecular weight excluding hydrogens is 713 g/mol. The highest BCUT2D eigenvalue weighted by Crippen LogP contribution is 2.42. The first-order valence-electron chi connectivity index (χ1n) is 21.1. The van der Waals surface area contributed by atoms with Crippen LogP contribution in [0, 0.1) is 44.4 Å². The first kappa shape index (κ1) is 41.7. The second kappa shape index (κ2) is 17.7. The average Bonchev–Trinajstić information content (AvgIpc) is 3.93. The molecule has 0 aromatic carbocycles. The summed E-state index contributed by atoms with van der Waals surface area (Å²) < 4.78 is 11.1. The number of carbonyl (C=O) groups excluding carboxylic acids is 2. The summed E-state index contributed by atoms with van der Waals surface area (Å²) in [4.78, 5) is 37.9. The number of rotatable bonds is 15. The second-order valence-electron chi connectivity index (χ2n) is 16.7. The number of nitrogens with one attached hydrogen (secondary N) is 4. The highest BCUT2D eigenvalue weighted by molar-refractivity contribution is 5.95. The maximum absolute atomic E-state index is 13.6. The fourth-order valence-corrected chi connectivity index (χ4v) is 9.44. The molecule has 1 aliphatic carbocycles. The van der Waals surface area contributed by atoms with Crippen LogP contribution in [0.2, 0.25) is 0 Å². The predicted octanol–water partition coefficient (Wildman–Crippen LogP) is 6.92. The molecule has 3 aromatic heterocycles. The Hall–Kier alpha value is -4.92. The Morgan fingerprint density at radius 3 is 2.37 bits per heavy atom. The molecule has 0 spiro atoms. The van der Waals surface area contributed by atoms with Crippen LogP contribution in [0.5, 0.6) is 0 Å². The third-order valence-electron chi connectivity index (χ3n) is 13.0. The Bertz CT molecular complexity index is 2350. The minimum absolute atomic E-state index is 0.0168. The maximum Gasteiger partial charge on any atom is 0.320 e. The SMILES string of the molecule is C=Cc1c2[nH]c(c1C)/C=C1\NC(C3=c4[nH]c(c(C)c4=C(O)[C@@H]3C(=O)OC)/C=c3\[nH]/c(c(C)c3CC)=C\2)[C@@H](CCC(=O)OC/C=C(\C)CCC[C@H](C)CCCC)[C@@H]1C. The van der Waals surface area contributed by atoms with Crippen LogP contribution < -0.4 is 26.6 Å². The van der Waals surface area contributed by atoms with Crippen molar-refractivity contribution in [2.24, 2.45) is 23.7 Å². The van der Waals surface area contributed by atoms with Gasteiger partial charge in [0.25, 0.3) is 0 Å². The minimum Gasteiger partial charge on any atom is -0.510 e. The summed E-state index contributed by atoms with van der Waals surface area (Å²) in [5.74, 6) is -1.17. The molecule has 5 heterocycles. The fraction of sp³-hybridized carbons (Fsp3) is 0.500. The van der Waals surface area contributed by atoms with Crippen molar-refractivity contribution in [3.8, 4) is 0 Å². The maximum atomic E-state index is 13.6. The lowest BCUT2D eigenvalue weighted by Gasteiger charge is -2.26. The Morgan fingerprint density at radius 1 is 0.947 bits per heavy atom. The van der Waals surface area contributed by atoms with Gasteiger partial charge in [-0.15, -0.1) is 0 Å². The third-order valence-corrected chi connectivity index (χ3v) is 13.0. The van der Waals surface area contributed by atoms with Crippen LogP contribution in [-0.2, 0) is 25.5 Å². The van der Waals surface area contributed by atoms with Gasteiger partial charge in [0.15, 0.2) is 0 Å². The van der Waals surface area contributed by atoms with Gasteiger partial charge >= 0.3 is 11.9 Å². The van der Waals surface area contributed by atoms with Crippen LogP contribution in [0.4, 0.5) is 0 Å². The number of H-pyrrole nitrogens is 3. The van der Waals surface area contributed by atoms with Gasteiger partial charge < -0.3 is 34.8 Å². The number of aromatic nitrogens is 3. The van der Waals surface area contributed by atoms with Gasteiger partial charge in [-0.05, 0) is 117 Å². The molecule has 5 atom stereocenters. The molecule has 9 nitrogen and oxygen atoms in total. The Labute approximate surface area is 337 Å². The van der Waals surface area contributed by atoms with Crippen LogP contribution in [0.1, 0.15) is 131 Å². The minimum atomic E-state index is -0.990. The number of ether oxygens (including phenoxy) is 2. The summed E-state index contributed by atoms with van der Waals surface area (Å²) in [5, 5.41) is 19.0. The van der Waals surface area contributed by atoms with Crippen LogP contribution >= 0.6 is 0 Å². The molecule has 3 aromatic rings. The molecule has 3 aliphatic rings. The van der Waals surface area contributed by atoms with Gasteiger partial charge in [0.1, 0.15) is 18.3 Å². The molecule has 9 heteroatoms. The first-order chi connectivity index (χ1) is 27.3. The predicted molar refractivity (Wildman–Crippen MR) is 231 cm³/mol. The van der Waals surface area contributed by atoms with E-state index in [1.807, 2.05) is 19.1 Å². The highest BCUT2D eigenvalue weighted by atomic mass is 16.5. The van der Waals surface area contributed by atoms with Crippen LogP contribution in [0.3, 0.4) is 0 Å². The second-order valence-corrected chi connectivity index (χ2v) is 16.7. The van der Waals surface area contributed by atoms with Crippen molar-refractivity contribution in [2.45, 2.75) is 119 Å². The summed E-state index contributed by atoms with van der Waals surface area (Å²) in [6, 6.07) is -0.391. The van der Waals surface area contributed by atoms with E-state index in [0.717, 1.165) is 86.3 Å². The van der Waals surface area contributed by atoms with Gasteiger partial charge in [-0.25, -0.2) is 0 Å². The lowest BCUT2D eigenvalue weighted by atomic mass is 9.80. The Morgan fingerprint density at radius 2 is 1.67 bits per heavy atom. The van der Waals surface area contributed by atoms with E-state index in [-0.39, 0.29) is 36.6 Å². The third kappa shape index (κ3) is 8.26. The van der Waals surface area contributed by atoms with Crippen molar-refractivity contribution in [2.75, 3.05) is 13.7 Å². The van der Waals surface area contributed by atoms with E-state index in [2.05, 4.69) is 93.5 Å². The van der Waals surface area contributed by atoms with Gasteiger partial charge in [0.2, 0.25) is 0 Å². The molecule has 306 valence electrons. The van der Waals surface area contributed by atoms with E-state index < -0.39 is 17.9 Å². The first-order valence-corrected chi connectivity index (χ1v) is 21.1. The molecule has 1 unspecified atom stereocenters. The van der Waals surface area contributed by atoms with Crippen molar-refractivity contribution in [3.63, 3.8) is 0 Å². The summed E-state index contributed by atoms with van der Waals surface area (Å²) in [5.41, 5.74) is 11.0. The molecule has 8 bridgehead atoms. The average molecular weight is 777 g/mol. The standard InChI is InChI=1S/C48H64N4O5/c1-11-14-16-26(4)17-15-18-27(5)21-22-57-41(53)20-19-34-30(8)37-23-35-28(6)32(12-2)39(49-35)24-36-29(7)33(13-3)40(50-36)25-38-31(9)42-46(52-38)43(45(34)51-37)44(47(42)54)48(55)56-10/h12,21,23-26,30,34,44-45,49-52,54H,2,11,13-20,22H2,1,3-10H3/b27-21+,36-24-,37-23-,40-25-/t26-,30+,34+,44-,45?/m1/s1. The van der Waals surface area contributed by atoms with Gasteiger partial charge in [-0.3, -0.25) is 9.59 Å². The van der Waals surface area contributed by atoms with Gasteiger partial charge in [-0.1, -0.05) is 71.6 Å². The molecule has 1 fully saturated rings. The quantitative estimate of drug-likeness (QED) is 0.0842. The number of hydrogen-bond donors (Lipinski definition) is 5. The number of methoxy groups -OCH3 is 1. The number of carbonyl (C=O) groups is 2. The lowest BCUT2D eigenvalue weighted by Crippen LogP contribution is -2.38. The molecule has 57 heavy (non-hydrogen) atoms. The van der Waals surface area contributed by atoms with Crippen LogP contribution in [0.15, 0.2) is 23.9 Å². The topological polar surface area (TPSA) is 132 Å². The molecule has 0 amide bonds. The van der Waals surface area contributed by atoms with E-state index in [9.17, 15) is 14.7 Å². The van der Waals surface area contributed by atoms with Crippen molar-refractivity contribution >= 4 is 47.6 Å². The smallest absolute Gasteiger partial charge is 0.320 e. The van der Waals surface area contributed by atoms with E-state index in [1.165, 1.54) is 49.5 Å². The normalized spacial score (nSPS) is 22.5.